The first-order valence-corrected chi connectivity index (χ1v) is 11.1. The molecule has 7 nitrogen and oxygen atoms in total. The second-order valence-electron chi connectivity index (χ2n) is 8.63. The molecule has 0 radical (unpaired) electrons. The Balaban J connectivity index is 2.08. The molecule has 2 heterocycles. The summed E-state index contributed by atoms with van der Waals surface area (Å²) in [6, 6.07) is -0.0903. The molecule has 0 saturated carbocycles. The van der Waals surface area contributed by atoms with Crippen LogP contribution in [0.4, 0.5) is 9.93 Å². The zero-order chi connectivity index (χ0) is 20.9. The molecule has 0 spiro atoms. The van der Waals surface area contributed by atoms with Crippen molar-refractivity contribution in [1.29, 1.82) is 0 Å². The quantitative estimate of drug-likeness (QED) is 0.591. The van der Waals surface area contributed by atoms with E-state index < -0.39 is 0 Å². The fourth-order valence-corrected chi connectivity index (χ4v) is 3.85. The predicted molar refractivity (Wildman–Crippen MR) is 113 cm³/mol. The molecule has 1 fully saturated rings. The fraction of sp³-hybridized carbons (Fsp3) is 0.850. The summed E-state index contributed by atoms with van der Waals surface area (Å²) in [5, 5.41) is 10.2. The van der Waals surface area contributed by atoms with Crippen LogP contribution in [0.2, 0.25) is 0 Å². The molecule has 1 aromatic heterocycles. The second-order valence-corrected chi connectivity index (χ2v) is 9.58. The van der Waals surface area contributed by atoms with Gasteiger partial charge in [0.2, 0.25) is 5.13 Å². The Morgan fingerprint density at radius 1 is 1.11 bits per heavy atom. The SMILES string of the molecule is CCCCCCN(C(=O)N(C)CC1OC(C)C(C)O1)c1nnc(C(C)(C)C)s1. The lowest BCUT2D eigenvalue weighted by Gasteiger charge is -2.27. The minimum atomic E-state index is -0.388. The molecule has 0 bridgehead atoms. The molecule has 1 aromatic rings. The van der Waals surface area contributed by atoms with Crippen LogP contribution in [0.3, 0.4) is 0 Å². The second kappa shape index (κ2) is 9.98. The van der Waals surface area contributed by atoms with Gasteiger partial charge in [-0.1, -0.05) is 58.3 Å². The van der Waals surface area contributed by atoms with Gasteiger partial charge in [-0.15, -0.1) is 10.2 Å². The summed E-state index contributed by atoms with van der Waals surface area (Å²) < 4.78 is 11.6. The normalized spacial score (nSPS) is 22.5. The van der Waals surface area contributed by atoms with Crippen LogP contribution in [0.5, 0.6) is 0 Å². The Kier molecular flexibility index (Phi) is 8.21. The van der Waals surface area contributed by atoms with E-state index in [2.05, 4.69) is 37.9 Å². The number of amides is 2. The topological polar surface area (TPSA) is 67.8 Å². The van der Waals surface area contributed by atoms with Crippen molar-refractivity contribution in [3.63, 3.8) is 0 Å². The summed E-state index contributed by atoms with van der Waals surface area (Å²) in [5.41, 5.74) is -0.0868. The van der Waals surface area contributed by atoms with Crippen LogP contribution in [0.1, 0.15) is 72.2 Å². The van der Waals surface area contributed by atoms with E-state index in [1.165, 1.54) is 17.8 Å². The number of hydrogen-bond acceptors (Lipinski definition) is 6. The van der Waals surface area contributed by atoms with E-state index in [9.17, 15) is 4.79 Å². The van der Waals surface area contributed by atoms with Gasteiger partial charge in [0.05, 0.1) is 18.8 Å². The van der Waals surface area contributed by atoms with Gasteiger partial charge in [-0.25, -0.2) is 4.79 Å². The van der Waals surface area contributed by atoms with Crippen LogP contribution >= 0.6 is 11.3 Å². The molecule has 160 valence electrons. The first kappa shape index (κ1) is 23.0. The predicted octanol–water partition coefficient (Wildman–Crippen LogP) is 4.42. The third-order valence-corrected chi connectivity index (χ3v) is 6.27. The van der Waals surface area contributed by atoms with E-state index in [0.717, 1.165) is 24.3 Å². The highest BCUT2D eigenvalue weighted by Crippen LogP contribution is 2.30. The summed E-state index contributed by atoms with van der Waals surface area (Å²) in [6.45, 7) is 13.5. The number of anilines is 1. The van der Waals surface area contributed by atoms with Gasteiger partial charge >= 0.3 is 6.03 Å². The highest BCUT2D eigenvalue weighted by molar-refractivity contribution is 7.15. The number of unbranched alkanes of at least 4 members (excludes halogenated alkanes) is 3. The van der Waals surface area contributed by atoms with Gasteiger partial charge in [-0.2, -0.15) is 0 Å². The Morgan fingerprint density at radius 2 is 1.75 bits per heavy atom. The fourth-order valence-electron chi connectivity index (χ4n) is 2.92. The Hall–Kier alpha value is -1.25. The number of aromatic nitrogens is 2. The first-order chi connectivity index (χ1) is 13.1. The van der Waals surface area contributed by atoms with Crippen LogP contribution in [0.25, 0.3) is 0 Å². The average Bonchev–Trinajstić information content (AvgIpc) is 3.21. The van der Waals surface area contributed by atoms with Crippen molar-refractivity contribution in [2.75, 3.05) is 25.0 Å². The molecule has 0 aliphatic carbocycles. The molecule has 0 N–H and O–H groups in total. The summed E-state index contributed by atoms with van der Waals surface area (Å²) in [7, 11) is 1.79. The molecule has 1 aliphatic heterocycles. The third kappa shape index (κ3) is 6.12. The number of hydrogen-bond donors (Lipinski definition) is 0. The summed E-state index contributed by atoms with van der Waals surface area (Å²) in [5.74, 6) is 0. The van der Waals surface area contributed by atoms with E-state index in [4.69, 9.17) is 9.47 Å². The van der Waals surface area contributed by atoms with Crippen molar-refractivity contribution in [3.05, 3.63) is 5.01 Å². The Bertz CT molecular complexity index is 621. The zero-order valence-electron chi connectivity index (χ0n) is 18.4. The van der Waals surface area contributed by atoms with Crippen LogP contribution < -0.4 is 4.90 Å². The van der Waals surface area contributed by atoms with Gasteiger partial charge in [-0.05, 0) is 20.3 Å². The van der Waals surface area contributed by atoms with Gasteiger partial charge in [0, 0.05) is 19.0 Å². The third-order valence-electron chi connectivity index (χ3n) is 4.90. The van der Waals surface area contributed by atoms with Crippen molar-refractivity contribution in [1.82, 2.24) is 15.1 Å². The smallest absolute Gasteiger partial charge is 0.326 e. The summed E-state index contributed by atoms with van der Waals surface area (Å²) in [6.07, 6.45) is 4.06. The number of nitrogens with zero attached hydrogens (tertiary/aromatic N) is 4. The lowest BCUT2D eigenvalue weighted by Crippen LogP contribution is -2.45. The largest absolute Gasteiger partial charge is 0.345 e. The summed E-state index contributed by atoms with van der Waals surface area (Å²) >= 11 is 1.49. The number of rotatable bonds is 8. The van der Waals surface area contributed by atoms with Crippen molar-refractivity contribution < 1.29 is 14.3 Å². The number of carbonyl (C=O) groups excluding carboxylic acids is 1. The molecule has 28 heavy (non-hydrogen) atoms. The monoisotopic (exact) mass is 412 g/mol. The number of carbonyl (C=O) groups is 1. The van der Waals surface area contributed by atoms with E-state index in [0.29, 0.717) is 18.2 Å². The number of urea groups is 1. The van der Waals surface area contributed by atoms with Crippen molar-refractivity contribution in [2.45, 2.75) is 91.1 Å². The van der Waals surface area contributed by atoms with Gasteiger partial charge in [0.25, 0.3) is 0 Å². The standard InChI is InChI=1S/C20H36N4O3S/c1-8-9-10-11-12-24(18-22-21-17(28-18)20(4,5)6)19(25)23(7)13-16-26-14(2)15(3)27-16/h14-16H,8-13H2,1-7H3. The number of ether oxygens (including phenoxy) is 2. The molecule has 2 rings (SSSR count). The average molecular weight is 413 g/mol. The molecule has 8 heteroatoms. The molecule has 0 aromatic carbocycles. The molecule has 2 amide bonds. The molecule has 2 unspecified atom stereocenters. The maximum atomic E-state index is 13.2. The highest BCUT2D eigenvalue weighted by atomic mass is 32.1. The van der Waals surface area contributed by atoms with E-state index in [1.54, 1.807) is 16.8 Å². The maximum absolute atomic E-state index is 13.2. The molecular weight excluding hydrogens is 376 g/mol. The highest BCUT2D eigenvalue weighted by Gasteiger charge is 2.33. The van der Waals surface area contributed by atoms with Gasteiger partial charge < -0.3 is 14.4 Å². The van der Waals surface area contributed by atoms with Gasteiger partial charge in [0.1, 0.15) is 5.01 Å². The zero-order valence-corrected chi connectivity index (χ0v) is 19.2. The van der Waals surface area contributed by atoms with Gasteiger partial charge in [-0.3, -0.25) is 4.90 Å². The first-order valence-electron chi connectivity index (χ1n) is 10.3. The Morgan fingerprint density at radius 3 is 2.29 bits per heavy atom. The van der Waals surface area contributed by atoms with E-state index in [1.807, 2.05) is 13.8 Å². The van der Waals surface area contributed by atoms with E-state index in [-0.39, 0.29) is 29.9 Å². The van der Waals surface area contributed by atoms with Crippen LogP contribution in [-0.4, -0.2) is 59.8 Å². The maximum Gasteiger partial charge on any atom is 0.326 e. The van der Waals surface area contributed by atoms with Crippen LogP contribution in [-0.2, 0) is 14.9 Å². The summed E-state index contributed by atoms with van der Waals surface area (Å²) in [4.78, 5) is 16.6. The van der Waals surface area contributed by atoms with Crippen molar-refractivity contribution in [3.8, 4) is 0 Å². The van der Waals surface area contributed by atoms with E-state index >= 15 is 0 Å². The Labute approximate surface area is 173 Å². The van der Waals surface area contributed by atoms with Crippen LogP contribution in [0.15, 0.2) is 0 Å². The number of likely N-dealkylation sites (N-methyl/N-ethyl adjacent to an activating group) is 1. The lowest BCUT2D eigenvalue weighted by molar-refractivity contribution is -0.0713. The lowest BCUT2D eigenvalue weighted by atomic mass is 9.98. The molecule has 1 aliphatic rings. The van der Waals surface area contributed by atoms with Crippen LogP contribution in [0, 0.1) is 0 Å². The minimum absolute atomic E-state index is 0.0381. The molecular formula is C20H36N4O3S. The van der Waals surface area contributed by atoms with Crippen molar-refractivity contribution >= 4 is 22.5 Å². The molecule has 2 atom stereocenters. The molecule has 1 saturated heterocycles. The minimum Gasteiger partial charge on any atom is -0.345 e. The van der Waals surface area contributed by atoms with Crippen molar-refractivity contribution in [2.24, 2.45) is 0 Å². The van der Waals surface area contributed by atoms with Gasteiger partial charge in [0.15, 0.2) is 6.29 Å².